The van der Waals surface area contributed by atoms with E-state index in [0.717, 1.165) is 0 Å². The van der Waals surface area contributed by atoms with Gasteiger partial charge in [0.15, 0.2) is 41.7 Å². The number of aromatic hydroxyl groups is 4. The van der Waals surface area contributed by atoms with E-state index < -0.39 is 74.0 Å². The van der Waals surface area contributed by atoms with Crippen LogP contribution in [0.3, 0.4) is 0 Å². The van der Waals surface area contributed by atoms with E-state index in [2.05, 4.69) is 0 Å². The maximum absolute atomic E-state index is 12.8. The van der Waals surface area contributed by atoms with Gasteiger partial charge in [-0.1, -0.05) is 12.1 Å². The van der Waals surface area contributed by atoms with Gasteiger partial charge in [-0.25, -0.2) is 0 Å². The summed E-state index contributed by atoms with van der Waals surface area (Å²) < 4.78 is 28.0. The lowest BCUT2D eigenvalue weighted by Crippen LogP contribution is -2.62. The van der Waals surface area contributed by atoms with Gasteiger partial charge in [0, 0.05) is 6.42 Å². The summed E-state index contributed by atoms with van der Waals surface area (Å²) >= 11 is 0. The van der Waals surface area contributed by atoms with Crippen LogP contribution in [0.1, 0.15) is 24.5 Å². The summed E-state index contributed by atoms with van der Waals surface area (Å²) in [5.41, 5.74) is 1.12. The molecular weight excluding hydrogens is 588 g/mol. The van der Waals surface area contributed by atoms with Crippen LogP contribution in [0.15, 0.2) is 36.4 Å². The van der Waals surface area contributed by atoms with Crippen molar-refractivity contribution in [2.24, 2.45) is 0 Å². The molecule has 2 aliphatic heterocycles. The molecule has 15 nitrogen and oxygen atoms in total. The zero-order valence-corrected chi connectivity index (χ0v) is 23.7. The number of phenolic OH excluding ortho intramolecular Hbond substituents is 4. The van der Waals surface area contributed by atoms with Crippen molar-refractivity contribution in [3.63, 3.8) is 0 Å². The van der Waals surface area contributed by atoms with Crippen LogP contribution in [-0.4, -0.2) is 127 Å². The highest BCUT2D eigenvalue weighted by atomic mass is 16.7. The average molecular weight is 627 g/mol. The van der Waals surface area contributed by atoms with Crippen LogP contribution in [0, 0.1) is 0 Å². The van der Waals surface area contributed by atoms with Crippen LogP contribution in [0.25, 0.3) is 0 Å². The van der Waals surface area contributed by atoms with E-state index in [9.17, 15) is 50.8 Å². The number of aliphatic hydroxyl groups excluding tert-OH is 5. The average Bonchev–Trinajstić information content (AvgIpc) is 2.99. The molecule has 15 heteroatoms. The van der Waals surface area contributed by atoms with E-state index in [4.69, 9.17) is 23.7 Å². The summed E-state index contributed by atoms with van der Waals surface area (Å²) in [4.78, 5) is 12.8. The predicted octanol–water partition coefficient (Wildman–Crippen LogP) is -1.10. The summed E-state index contributed by atoms with van der Waals surface area (Å²) in [5.74, 6) is -2.10. The first-order valence-electron chi connectivity index (χ1n) is 14.0. The normalized spacial score (nSPS) is 32.3. The van der Waals surface area contributed by atoms with Crippen LogP contribution >= 0.6 is 0 Å². The molecular formula is C29H38O15. The van der Waals surface area contributed by atoms with Crippen LogP contribution in [-0.2, 0) is 41.3 Å². The zero-order valence-electron chi connectivity index (χ0n) is 23.7. The van der Waals surface area contributed by atoms with Crippen LogP contribution in [0.2, 0.25) is 0 Å². The lowest BCUT2D eigenvalue weighted by atomic mass is 9.98. The number of carbonyl (C=O) groups is 1. The second-order valence-corrected chi connectivity index (χ2v) is 10.8. The van der Waals surface area contributed by atoms with Gasteiger partial charge in [-0.3, -0.25) is 4.79 Å². The van der Waals surface area contributed by atoms with Crippen molar-refractivity contribution in [3.8, 4) is 23.0 Å². The zero-order chi connectivity index (χ0) is 32.1. The molecule has 0 aromatic heterocycles. The van der Waals surface area contributed by atoms with Crippen molar-refractivity contribution in [2.75, 3.05) is 13.2 Å². The number of aliphatic hydroxyl groups is 5. The number of phenols is 4. The summed E-state index contributed by atoms with van der Waals surface area (Å²) in [6, 6.07) is 8.24. The summed E-state index contributed by atoms with van der Waals surface area (Å²) in [5, 5.41) is 90.4. The third-order valence-electron chi connectivity index (χ3n) is 7.51. The molecule has 10 atom stereocenters. The first-order chi connectivity index (χ1) is 20.8. The molecule has 0 bridgehead atoms. The monoisotopic (exact) mass is 626 g/mol. The third-order valence-corrected chi connectivity index (χ3v) is 7.51. The third kappa shape index (κ3) is 8.06. The van der Waals surface area contributed by atoms with Gasteiger partial charge in [-0.15, -0.1) is 0 Å². The second kappa shape index (κ2) is 14.7. The van der Waals surface area contributed by atoms with Gasteiger partial charge in [0.1, 0.15) is 36.6 Å². The Morgan fingerprint density at radius 3 is 1.89 bits per heavy atom. The lowest BCUT2D eigenvalue weighted by Gasteiger charge is -2.43. The molecule has 244 valence electrons. The molecule has 2 aromatic rings. The number of carbonyl (C=O) groups excluding carboxylic acids is 1. The van der Waals surface area contributed by atoms with Gasteiger partial charge in [-0.2, -0.15) is 0 Å². The van der Waals surface area contributed by atoms with Crippen LogP contribution in [0.4, 0.5) is 0 Å². The molecule has 0 saturated carbocycles. The van der Waals surface area contributed by atoms with Crippen molar-refractivity contribution >= 4 is 5.97 Å². The summed E-state index contributed by atoms with van der Waals surface area (Å²) in [7, 11) is 0. The topological polar surface area (TPSA) is 245 Å². The quantitative estimate of drug-likeness (QED) is 0.106. The van der Waals surface area contributed by atoms with Gasteiger partial charge in [0.2, 0.25) is 0 Å². The van der Waals surface area contributed by atoms with E-state index in [1.165, 1.54) is 37.3 Å². The van der Waals surface area contributed by atoms with E-state index >= 15 is 0 Å². The molecule has 0 unspecified atom stereocenters. The van der Waals surface area contributed by atoms with Crippen molar-refractivity contribution in [2.45, 2.75) is 87.6 Å². The van der Waals surface area contributed by atoms with Crippen LogP contribution < -0.4 is 0 Å². The highest BCUT2D eigenvalue weighted by Gasteiger charge is 2.49. The molecule has 2 fully saturated rings. The number of hydrogen-bond acceptors (Lipinski definition) is 15. The minimum atomic E-state index is -1.72. The molecule has 2 saturated heterocycles. The van der Waals surface area contributed by atoms with E-state index in [1.54, 1.807) is 6.07 Å². The molecule has 44 heavy (non-hydrogen) atoms. The van der Waals surface area contributed by atoms with E-state index in [-0.39, 0.29) is 48.9 Å². The van der Waals surface area contributed by atoms with Crippen molar-refractivity contribution < 1.29 is 74.4 Å². The first-order valence-corrected chi connectivity index (χ1v) is 14.0. The number of ether oxygens (including phenoxy) is 5. The first kappa shape index (κ1) is 33.6. The Bertz CT molecular complexity index is 1260. The molecule has 2 aliphatic rings. The molecule has 0 aliphatic carbocycles. The van der Waals surface area contributed by atoms with E-state index in [0.29, 0.717) is 11.1 Å². The second-order valence-electron chi connectivity index (χ2n) is 10.8. The fourth-order valence-electron chi connectivity index (χ4n) is 4.86. The Balaban J connectivity index is 1.42. The maximum Gasteiger partial charge on any atom is 0.306 e. The summed E-state index contributed by atoms with van der Waals surface area (Å²) in [6.45, 7) is 0.933. The Morgan fingerprint density at radius 1 is 0.705 bits per heavy atom. The Hall–Kier alpha value is -3.25. The Kier molecular flexibility index (Phi) is 11.2. The molecule has 0 amide bonds. The van der Waals surface area contributed by atoms with Gasteiger partial charge in [-0.05, 0) is 55.2 Å². The highest BCUT2D eigenvalue weighted by molar-refractivity contribution is 5.70. The van der Waals surface area contributed by atoms with Crippen molar-refractivity contribution in [1.29, 1.82) is 0 Å². The number of esters is 1. The molecule has 4 rings (SSSR count). The number of benzene rings is 2. The standard InChI is InChI=1S/C29H38O15/c1-13-22(35)23(36)25(38)29(42-13)41-12-20-27(44-21(34)7-4-14-2-5-16(30)18(32)10-14)24(37)26(39)28(43-20)40-9-8-15-3-6-17(31)19(33)11-15/h2-3,5-6,10-11,13,20,22-33,35-39H,4,7-9,12H2,1H3/t13-,20+,22-,23+,24+,25+,26+,27+,28+,29+/m0/s1. The van der Waals surface area contributed by atoms with Crippen LogP contribution in [0.5, 0.6) is 23.0 Å². The predicted molar refractivity (Wildman–Crippen MR) is 146 cm³/mol. The van der Waals surface area contributed by atoms with E-state index in [1.807, 2.05) is 0 Å². The SMILES string of the molecule is C[C@@H]1O[C@@H](OC[C@H]2O[C@@H](OCCc3ccc(O)c(O)c3)[C@H](O)[C@@H](O)[C@@H]2OC(=O)CCc2ccc(O)c(O)c2)[C@H](O)[C@H](O)[C@H]1O. The maximum atomic E-state index is 12.8. The fraction of sp³-hybridized carbons (Fsp3) is 0.552. The van der Waals surface area contributed by atoms with Gasteiger partial charge in [0.05, 0.1) is 19.3 Å². The molecule has 9 N–H and O–H groups in total. The highest BCUT2D eigenvalue weighted by Crippen LogP contribution is 2.30. The molecule has 2 aromatic carbocycles. The lowest BCUT2D eigenvalue weighted by molar-refractivity contribution is -0.328. The van der Waals surface area contributed by atoms with Gasteiger partial charge < -0.3 is 69.6 Å². The van der Waals surface area contributed by atoms with Crippen molar-refractivity contribution in [3.05, 3.63) is 47.5 Å². The smallest absolute Gasteiger partial charge is 0.306 e. The minimum absolute atomic E-state index is 0.0534. The summed E-state index contributed by atoms with van der Waals surface area (Å²) in [6.07, 6.45) is -14.4. The molecule has 0 spiro atoms. The minimum Gasteiger partial charge on any atom is -0.504 e. The molecule has 0 radical (unpaired) electrons. The van der Waals surface area contributed by atoms with Crippen molar-refractivity contribution in [1.82, 2.24) is 0 Å². The van der Waals surface area contributed by atoms with Gasteiger partial charge >= 0.3 is 5.97 Å². The largest absolute Gasteiger partial charge is 0.504 e. The fourth-order valence-corrected chi connectivity index (χ4v) is 4.86. The number of rotatable bonds is 11. The number of aryl methyl sites for hydroxylation is 1. The Labute approximate surface area is 252 Å². The Morgan fingerprint density at radius 2 is 1.27 bits per heavy atom. The van der Waals surface area contributed by atoms with Gasteiger partial charge in [0.25, 0.3) is 0 Å². The number of hydrogen-bond donors (Lipinski definition) is 9. The molecule has 2 heterocycles.